The van der Waals surface area contributed by atoms with Gasteiger partial charge < -0.3 is 15.1 Å². The molecule has 0 saturated carbocycles. The lowest BCUT2D eigenvalue weighted by Crippen LogP contribution is -2.45. The maximum absolute atomic E-state index is 11.5. The van der Waals surface area contributed by atoms with Gasteiger partial charge in [-0.15, -0.1) is 0 Å². The highest BCUT2D eigenvalue weighted by Crippen LogP contribution is 2.18. The van der Waals surface area contributed by atoms with Gasteiger partial charge in [-0.3, -0.25) is 4.79 Å². The number of carbonyl (C=O) groups is 1. The van der Waals surface area contributed by atoms with Crippen molar-refractivity contribution in [3.05, 3.63) is 24.3 Å². The fourth-order valence-electron chi connectivity index (χ4n) is 1.29. The molecule has 0 spiro atoms. The van der Waals surface area contributed by atoms with E-state index in [2.05, 4.69) is 0 Å². The molecule has 0 atom stereocenters. The van der Waals surface area contributed by atoms with Crippen LogP contribution in [0.25, 0.3) is 0 Å². The number of hydrogen-bond donors (Lipinski definition) is 3. The number of sulfonamides is 1. The molecular formula is C10H14N2O5S. The van der Waals surface area contributed by atoms with Crippen molar-refractivity contribution in [2.45, 2.75) is 17.6 Å². The minimum Gasteiger partial charge on any atom is -0.358 e. The van der Waals surface area contributed by atoms with E-state index in [-0.39, 0.29) is 4.90 Å². The van der Waals surface area contributed by atoms with Gasteiger partial charge >= 0.3 is 0 Å². The minimum atomic E-state index is -3.80. The molecule has 0 saturated heterocycles. The Morgan fingerprint density at radius 1 is 1.28 bits per heavy atom. The molecule has 0 aromatic heterocycles. The number of benzene rings is 1. The zero-order valence-corrected chi connectivity index (χ0v) is 10.7. The lowest BCUT2D eigenvalue weighted by molar-refractivity contribution is -0.174. The fraction of sp³-hybridized carbons (Fsp3) is 0.300. The first-order chi connectivity index (χ1) is 8.03. The van der Waals surface area contributed by atoms with E-state index in [0.717, 1.165) is 11.8 Å². The summed E-state index contributed by atoms with van der Waals surface area (Å²) in [5, 5.41) is 23.2. The normalized spacial score (nSPS) is 12.3. The van der Waals surface area contributed by atoms with Gasteiger partial charge in [-0.25, -0.2) is 13.6 Å². The van der Waals surface area contributed by atoms with Crippen LogP contribution in [0, 0.1) is 0 Å². The molecule has 100 valence electrons. The topological polar surface area (TPSA) is 121 Å². The number of amides is 1. The van der Waals surface area contributed by atoms with E-state index in [4.69, 9.17) is 15.4 Å². The predicted octanol–water partition coefficient (Wildman–Crippen LogP) is -1.00. The van der Waals surface area contributed by atoms with Crippen molar-refractivity contribution in [1.82, 2.24) is 0 Å². The van der Waals surface area contributed by atoms with E-state index in [0.29, 0.717) is 5.69 Å². The molecule has 0 aliphatic carbocycles. The molecule has 4 N–H and O–H groups in total. The van der Waals surface area contributed by atoms with Crippen LogP contribution in [-0.2, 0) is 14.8 Å². The van der Waals surface area contributed by atoms with Gasteiger partial charge in [0.1, 0.15) is 0 Å². The molecule has 1 rings (SSSR count). The number of carbonyl (C=O) groups excluding carboxylic acids is 1. The molecule has 18 heavy (non-hydrogen) atoms. The Hall–Kier alpha value is -1.48. The van der Waals surface area contributed by atoms with Gasteiger partial charge in [0.25, 0.3) is 5.91 Å². The zero-order valence-electron chi connectivity index (χ0n) is 9.86. The fourth-order valence-corrected chi connectivity index (χ4v) is 1.81. The summed E-state index contributed by atoms with van der Waals surface area (Å²) < 4.78 is 22.0. The number of rotatable bonds is 3. The van der Waals surface area contributed by atoms with Crippen LogP contribution in [0.4, 0.5) is 5.69 Å². The van der Waals surface area contributed by atoms with Gasteiger partial charge in [0.05, 0.1) is 4.90 Å². The molecule has 1 amide bonds. The first-order valence-electron chi connectivity index (χ1n) is 4.89. The maximum atomic E-state index is 11.5. The molecule has 0 aliphatic rings. The first kappa shape index (κ1) is 14.6. The lowest BCUT2D eigenvalue weighted by atomic mass is 10.2. The Kier molecular flexibility index (Phi) is 3.77. The Balaban J connectivity index is 3.03. The number of nitrogens with two attached hydrogens (primary N) is 1. The SMILES string of the molecule is CN(C(=O)C(C)(O)O)c1ccc(S(N)(=O)=O)cc1. The third kappa shape index (κ3) is 3.26. The average molecular weight is 274 g/mol. The Bertz CT molecular complexity index is 545. The summed E-state index contributed by atoms with van der Waals surface area (Å²) in [7, 11) is -2.46. The summed E-state index contributed by atoms with van der Waals surface area (Å²) >= 11 is 0. The van der Waals surface area contributed by atoms with E-state index in [1.165, 1.54) is 31.3 Å². The quantitative estimate of drug-likeness (QED) is 0.610. The molecule has 0 unspecified atom stereocenters. The summed E-state index contributed by atoms with van der Waals surface area (Å²) in [6, 6.07) is 5.12. The van der Waals surface area contributed by atoms with Crippen molar-refractivity contribution in [3.8, 4) is 0 Å². The third-order valence-electron chi connectivity index (χ3n) is 2.26. The predicted molar refractivity (Wildman–Crippen MR) is 64.1 cm³/mol. The molecule has 0 heterocycles. The number of hydrogen-bond acceptors (Lipinski definition) is 5. The summed E-state index contributed by atoms with van der Waals surface area (Å²) in [6.45, 7) is 0.935. The van der Waals surface area contributed by atoms with Crippen LogP contribution < -0.4 is 10.0 Å². The van der Waals surface area contributed by atoms with E-state index < -0.39 is 21.7 Å². The first-order valence-corrected chi connectivity index (χ1v) is 6.44. The van der Waals surface area contributed by atoms with Crippen LogP contribution in [0.5, 0.6) is 0 Å². The third-order valence-corrected chi connectivity index (χ3v) is 3.19. The van der Waals surface area contributed by atoms with Crippen LogP contribution in [0.2, 0.25) is 0 Å². The second-order valence-corrected chi connectivity index (χ2v) is 5.49. The summed E-state index contributed by atoms with van der Waals surface area (Å²) in [5.41, 5.74) is 0.307. The number of anilines is 1. The molecule has 8 heteroatoms. The Morgan fingerprint density at radius 2 is 1.72 bits per heavy atom. The van der Waals surface area contributed by atoms with Gasteiger partial charge in [-0.05, 0) is 31.2 Å². The number of nitrogens with zero attached hydrogens (tertiary/aromatic N) is 1. The molecule has 7 nitrogen and oxygen atoms in total. The van der Waals surface area contributed by atoms with Crippen molar-refractivity contribution < 1.29 is 23.4 Å². The number of aliphatic hydroxyl groups is 2. The molecule has 1 aromatic rings. The van der Waals surface area contributed by atoms with Gasteiger partial charge in [0, 0.05) is 12.7 Å². The van der Waals surface area contributed by atoms with E-state index >= 15 is 0 Å². The lowest BCUT2D eigenvalue weighted by Gasteiger charge is -2.23. The molecule has 0 bridgehead atoms. The highest BCUT2D eigenvalue weighted by molar-refractivity contribution is 7.89. The largest absolute Gasteiger partial charge is 0.358 e. The van der Waals surface area contributed by atoms with Gasteiger partial charge in [-0.1, -0.05) is 0 Å². The van der Waals surface area contributed by atoms with Gasteiger partial charge in [-0.2, -0.15) is 0 Å². The highest BCUT2D eigenvalue weighted by Gasteiger charge is 2.30. The number of likely N-dealkylation sites (N-methyl/N-ethyl adjacent to an activating group) is 1. The number of primary sulfonamides is 1. The van der Waals surface area contributed by atoms with Crippen molar-refractivity contribution in [2.75, 3.05) is 11.9 Å². The van der Waals surface area contributed by atoms with E-state index in [1.54, 1.807) is 0 Å². The molecule has 0 radical (unpaired) electrons. The smallest absolute Gasteiger partial charge is 0.286 e. The Morgan fingerprint density at radius 3 is 2.06 bits per heavy atom. The van der Waals surface area contributed by atoms with Crippen LogP contribution >= 0.6 is 0 Å². The van der Waals surface area contributed by atoms with Crippen molar-refractivity contribution in [2.24, 2.45) is 5.14 Å². The zero-order chi connectivity index (χ0) is 14.1. The van der Waals surface area contributed by atoms with E-state index in [1.807, 2.05) is 0 Å². The van der Waals surface area contributed by atoms with E-state index in [9.17, 15) is 13.2 Å². The monoisotopic (exact) mass is 274 g/mol. The maximum Gasteiger partial charge on any atom is 0.286 e. The standard InChI is InChI=1S/C10H14N2O5S/c1-10(14,15)9(13)12(2)7-3-5-8(6-4-7)18(11,16)17/h3-6,14-15H,1-2H3,(H2,11,16,17). The van der Waals surface area contributed by atoms with Crippen molar-refractivity contribution in [1.29, 1.82) is 0 Å². The summed E-state index contributed by atoms with van der Waals surface area (Å²) in [6.07, 6.45) is 0. The van der Waals surface area contributed by atoms with Crippen LogP contribution in [-0.4, -0.2) is 37.4 Å². The average Bonchev–Trinajstić information content (AvgIpc) is 2.25. The van der Waals surface area contributed by atoms with Crippen molar-refractivity contribution in [3.63, 3.8) is 0 Å². The molecule has 0 fully saturated rings. The van der Waals surface area contributed by atoms with Gasteiger partial charge in [0.15, 0.2) is 0 Å². The second kappa shape index (κ2) is 4.65. The molecule has 0 aliphatic heterocycles. The molecule has 1 aromatic carbocycles. The highest BCUT2D eigenvalue weighted by atomic mass is 32.2. The molecular weight excluding hydrogens is 260 g/mol. The summed E-state index contributed by atoms with van der Waals surface area (Å²) in [5.74, 6) is -3.43. The van der Waals surface area contributed by atoms with Crippen LogP contribution in [0.3, 0.4) is 0 Å². The second-order valence-electron chi connectivity index (χ2n) is 3.92. The summed E-state index contributed by atoms with van der Waals surface area (Å²) in [4.78, 5) is 12.4. The van der Waals surface area contributed by atoms with Crippen molar-refractivity contribution >= 4 is 21.6 Å². The van der Waals surface area contributed by atoms with Crippen LogP contribution in [0.1, 0.15) is 6.92 Å². The minimum absolute atomic E-state index is 0.0946. The van der Waals surface area contributed by atoms with Crippen LogP contribution in [0.15, 0.2) is 29.2 Å². The Labute approximate surface area is 105 Å². The van der Waals surface area contributed by atoms with Gasteiger partial charge in [0.2, 0.25) is 15.8 Å².